The highest BCUT2D eigenvalue weighted by molar-refractivity contribution is 4.97. The fourth-order valence-electron chi connectivity index (χ4n) is 5.14. The number of hydrogen-bond acceptors (Lipinski definition) is 3. The van der Waals surface area contributed by atoms with E-state index in [2.05, 4.69) is 29.0 Å². The van der Waals surface area contributed by atoms with Crippen molar-refractivity contribution < 1.29 is 0 Å². The minimum Gasteiger partial charge on any atom is -0.312 e. The smallest absolute Gasteiger partial charge is 0.0334 e. The van der Waals surface area contributed by atoms with Crippen LogP contribution in [0.1, 0.15) is 78.1 Å². The van der Waals surface area contributed by atoms with Gasteiger partial charge in [-0.15, -0.1) is 0 Å². The molecule has 0 bridgehead atoms. The third kappa shape index (κ3) is 4.49. The molecule has 3 nitrogen and oxygen atoms in total. The molecule has 1 N–H and O–H groups in total. The molecule has 2 heterocycles. The van der Waals surface area contributed by atoms with E-state index in [4.69, 9.17) is 0 Å². The predicted octanol–water partition coefficient (Wildman–Crippen LogP) is 3.64. The molecular weight excluding hydrogens is 282 g/mol. The van der Waals surface area contributed by atoms with Gasteiger partial charge >= 0.3 is 0 Å². The minimum absolute atomic E-state index is 0.494. The molecule has 0 amide bonds. The lowest BCUT2D eigenvalue weighted by Crippen LogP contribution is -2.59. The van der Waals surface area contributed by atoms with Crippen LogP contribution >= 0.6 is 0 Å². The van der Waals surface area contributed by atoms with Crippen LogP contribution in [0.2, 0.25) is 0 Å². The molecule has 0 aromatic rings. The maximum Gasteiger partial charge on any atom is 0.0334 e. The summed E-state index contributed by atoms with van der Waals surface area (Å²) in [5.74, 6) is 0. The first-order valence-electron chi connectivity index (χ1n) is 10.4. The molecule has 3 aliphatic rings. The van der Waals surface area contributed by atoms with Crippen LogP contribution in [-0.2, 0) is 0 Å². The van der Waals surface area contributed by atoms with Gasteiger partial charge in [0.05, 0.1) is 0 Å². The number of nitrogens with one attached hydrogen (secondary N) is 1. The Morgan fingerprint density at radius 1 is 0.870 bits per heavy atom. The SMILES string of the molecule is CC(C)N1CCC(NCC2(N3CCCCC3)CCCCC2)CC1. The fourth-order valence-corrected chi connectivity index (χ4v) is 5.14. The number of hydrogen-bond donors (Lipinski definition) is 1. The summed E-state index contributed by atoms with van der Waals surface area (Å²) in [6, 6.07) is 1.47. The summed E-state index contributed by atoms with van der Waals surface area (Å²) >= 11 is 0. The van der Waals surface area contributed by atoms with Crippen molar-refractivity contribution in [3.63, 3.8) is 0 Å². The van der Waals surface area contributed by atoms with E-state index >= 15 is 0 Å². The highest BCUT2D eigenvalue weighted by atomic mass is 15.2. The van der Waals surface area contributed by atoms with Crippen LogP contribution in [0.5, 0.6) is 0 Å². The van der Waals surface area contributed by atoms with Crippen molar-refractivity contribution in [2.24, 2.45) is 0 Å². The summed E-state index contributed by atoms with van der Waals surface area (Å²) in [5, 5.41) is 4.02. The predicted molar refractivity (Wildman–Crippen MR) is 99.0 cm³/mol. The lowest BCUT2D eigenvalue weighted by molar-refractivity contribution is 0.0287. The lowest BCUT2D eigenvalue weighted by Gasteiger charge is -2.49. The average Bonchev–Trinajstić information content (AvgIpc) is 2.62. The van der Waals surface area contributed by atoms with Crippen LogP contribution in [0.4, 0.5) is 0 Å². The molecule has 0 spiro atoms. The molecule has 3 fully saturated rings. The molecule has 134 valence electrons. The van der Waals surface area contributed by atoms with Gasteiger partial charge in [-0.25, -0.2) is 0 Å². The van der Waals surface area contributed by atoms with Gasteiger partial charge < -0.3 is 10.2 Å². The lowest BCUT2D eigenvalue weighted by atomic mass is 9.79. The first-order valence-corrected chi connectivity index (χ1v) is 10.4. The van der Waals surface area contributed by atoms with Crippen LogP contribution in [0.15, 0.2) is 0 Å². The van der Waals surface area contributed by atoms with Gasteiger partial charge in [0.15, 0.2) is 0 Å². The van der Waals surface area contributed by atoms with Crippen LogP contribution in [0.25, 0.3) is 0 Å². The van der Waals surface area contributed by atoms with Gasteiger partial charge in [0, 0.05) is 24.2 Å². The third-order valence-electron chi connectivity index (χ3n) is 6.79. The van der Waals surface area contributed by atoms with Gasteiger partial charge in [-0.2, -0.15) is 0 Å². The quantitative estimate of drug-likeness (QED) is 0.834. The zero-order valence-electron chi connectivity index (χ0n) is 15.7. The molecule has 2 saturated heterocycles. The molecule has 0 atom stereocenters. The Bertz CT molecular complexity index is 335. The Hall–Kier alpha value is -0.120. The van der Waals surface area contributed by atoms with Gasteiger partial charge in [0.2, 0.25) is 0 Å². The van der Waals surface area contributed by atoms with E-state index < -0.39 is 0 Å². The topological polar surface area (TPSA) is 18.5 Å². The Morgan fingerprint density at radius 3 is 2.09 bits per heavy atom. The first-order chi connectivity index (χ1) is 11.2. The molecule has 0 unspecified atom stereocenters. The highest BCUT2D eigenvalue weighted by Crippen LogP contribution is 2.35. The molecule has 2 aliphatic heterocycles. The van der Waals surface area contributed by atoms with E-state index in [1.165, 1.54) is 96.9 Å². The third-order valence-corrected chi connectivity index (χ3v) is 6.79. The van der Waals surface area contributed by atoms with E-state index in [1.807, 2.05) is 0 Å². The molecule has 0 aromatic carbocycles. The molecule has 3 heteroatoms. The number of nitrogens with zero attached hydrogens (tertiary/aromatic N) is 2. The second-order valence-electron chi connectivity index (χ2n) is 8.62. The Labute approximate surface area is 144 Å². The molecule has 1 saturated carbocycles. The first kappa shape index (κ1) is 17.7. The Kier molecular flexibility index (Phi) is 6.39. The zero-order valence-corrected chi connectivity index (χ0v) is 15.7. The van der Waals surface area contributed by atoms with Gasteiger partial charge in [-0.1, -0.05) is 25.7 Å². The van der Waals surface area contributed by atoms with Gasteiger partial charge in [0.25, 0.3) is 0 Å². The van der Waals surface area contributed by atoms with E-state index in [-0.39, 0.29) is 0 Å². The minimum atomic E-state index is 0.494. The zero-order chi connectivity index (χ0) is 16.1. The summed E-state index contributed by atoms with van der Waals surface area (Å²) in [7, 11) is 0. The fraction of sp³-hybridized carbons (Fsp3) is 1.00. The molecule has 1 aliphatic carbocycles. The average molecular weight is 322 g/mol. The van der Waals surface area contributed by atoms with E-state index in [0.29, 0.717) is 11.6 Å². The standard InChI is InChI=1S/C20H39N3/c1-18(2)22-15-9-19(10-16-22)21-17-20(11-5-3-6-12-20)23-13-7-4-8-14-23/h18-19,21H,3-17H2,1-2H3. The second kappa shape index (κ2) is 8.31. The molecule has 23 heavy (non-hydrogen) atoms. The van der Waals surface area contributed by atoms with Crippen LogP contribution in [-0.4, -0.2) is 60.1 Å². The summed E-state index contributed by atoms with van der Waals surface area (Å²) in [6.45, 7) is 11.2. The van der Waals surface area contributed by atoms with Crippen molar-refractivity contribution in [3.05, 3.63) is 0 Å². The van der Waals surface area contributed by atoms with Crippen molar-refractivity contribution in [1.82, 2.24) is 15.1 Å². The van der Waals surface area contributed by atoms with Crippen molar-refractivity contribution in [2.45, 2.75) is 95.7 Å². The Morgan fingerprint density at radius 2 is 1.48 bits per heavy atom. The summed E-state index contributed by atoms with van der Waals surface area (Å²) in [4.78, 5) is 5.52. The maximum absolute atomic E-state index is 4.02. The number of likely N-dealkylation sites (tertiary alicyclic amines) is 2. The molecule has 0 aromatic heterocycles. The van der Waals surface area contributed by atoms with E-state index in [1.54, 1.807) is 0 Å². The van der Waals surface area contributed by atoms with Crippen LogP contribution < -0.4 is 5.32 Å². The van der Waals surface area contributed by atoms with Gasteiger partial charge in [-0.3, -0.25) is 4.90 Å². The van der Waals surface area contributed by atoms with Crippen molar-refractivity contribution in [3.8, 4) is 0 Å². The summed E-state index contributed by atoms with van der Waals surface area (Å²) in [6.07, 6.45) is 14.2. The van der Waals surface area contributed by atoms with E-state index in [0.717, 1.165) is 6.04 Å². The highest BCUT2D eigenvalue weighted by Gasteiger charge is 2.38. The van der Waals surface area contributed by atoms with Crippen LogP contribution in [0, 0.1) is 0 Å². The van der Waals surface area contributed by atoms with Crippen LogP contribution in [0.3, 0.4) is 0 Å². The molecular formula is C20H39N3. The summed E-state index contributed by atoms with van der Waals surface area (Å²) < 4.78 is 0. The van der Waals surface area contributed by atoms with Gasteiger partial charge in [-0.05, 0) is 78.6 Å². The van der Waals surface area contributed by atoms with Crippen molar-refractivity contribution in [1.29, 1.82) is 0 Å². The second-order valence-corrected chi connectivity index (χ2v) is 8.62. The molecule has 0 radical (unpaired) electrons. The number of rotatable bonds is 5. The van der Waals surface area contributed by atoms with Crippen molar-refractivity contribution in [2.75, 3.05) is 32.7 Å². The summed E-state index contributed by atoms with van der Waals surface area (Å²) in [5.41, 5.74) is 0.494. The normalized spacial score (nSPS) is 28.3. The van der Waals surface area contributed by atoms with Crippen molar-refractivity contribution >= 4 is 0 Å². The monoisotopic (exact) mass is 321 g/mol. The van der Waals surface area contributed by atoms with Gasteiger partial charge in [0.1, 0.15) is 0 Å². The Balaban J connectivity index is 1.52. The molecule has 3 rings (SSSR count). The largest absolute Gasteiger partial charge is 0.312 e. The number of piperidine rings is 2. The maximum atomic E-state index is 4.02. The van der Waals surface area contributed by atoms with E-state index in [9.17, 15) is 0 Å².